The first-order valence-corrected chi connectivity index (χ1v) is 11.5. The van der Waals surface area contributed by atoms with Gasteiger partial charge in [0.1, 0.15) is 0 Å². The minimum absolute atomic E-state index is 0.0923. The van der Waals surface area contributed by atoms with Gasteiger partial charge in [-0.1, -0.05) is 63.2 Å². The van der Waals surface area contributed by atoms with Crippen LogP contribution < -0.4 is 0 Å². The van der Waals surface area contributed by atoms with Crippen LogP contribution in [0.5, 0.6) is 0 Å². The molecule has 2 nitrogen and oxygen atoms in total. The zero-order chi connectivity index (χ0) is 21.3. The number of fused-ring (bicyclic) bond motifs is 7. The molecule has 0 spiro atoms. The van der Waals surface area contributed by atoms with Crippen LogP contribution in [0.1, 0.15) is 26.3 Å². The second-order valence-corrected chi connectivity index (χ2v) is 10.2. The van der Waals surface area contributed by atoms with Crippen molar-refractivity contribution in [2.75, 3.05) is 0 Å². The standard InChI is InChI=1S/C28H23BrN2/c1-28(2,3)17-13-14-23-21(15-17)25-26(30-23)22(29)16-20-19-11-7-8-12-24(19)31(27(20)25)18-9-5-4-6-10-18/h4-16,30H,1-3H3. The maximum absolute atomic E-state index is 3.86. The second-order valence-electron chi connectivity index (χ2n) is 9.33. The lowest BCUT2D eigenvalue weighted by atomic mass is 9.86. The number of H-pyrrole nitrogens is 1. The lowest BCUT2D eigenvalue weighted by Crippen LogP contribution is -2.10. The first kappa shape index (κ1) is 18.7. The Bertz CT molecular complexity index is 1610. The number of halogens is 1. The molecule has 0 radical (unpaired) electrons. The fraction of sp³-hybridized carbons (Fsp3) is 0.143. The van der Waals surface area contributed by atoms with Crippen molar-refractivity contribution in [3.8, 4) is 5.69 Å². The van der Waals surface area contributed by atoms with Crippen molar-refractivity contribution in [3.05, 3.63) is 88.9 Å². The molecule has 0 bridgehead atoms. The monoisotopic (exact) mass is 466 g/mol. The molecule has 2 heterocycles. The Kier molecular flexibility index (Phi) is 3.91. The third-order valence-electron chi connectivity index (χ3n) is 6.34. The SMILES string of the molecule is CC(C)(C)c1ccc2[nH]c3c(Br)cc4c5ccccc5n(-c5ccccc5)c4c3c2c1. The Morgan fingerprint density at radius 3 is 2.29 bits per heavy atom. The number of aromatic nitrogens is 2. The van der Waals surface area contributed by atoms with Gasteiger partial charge < -0.3 is 9.55 Å². The molecule has 4 aromatic carbocycles. The molecular weight excluding hydrogens is 444 g/mol. The Morgan fingerprint density at radius 1 is 0.774 bits per heavy atom. The van der Waals surface area contributed by atoms with E-state index in [-0.39, 0.29) is 5.41 Å². The van der Waals surface area contributed by atoms with Crippen LogP contribution >= 0.6 is 15.9 Å². The minimum Gasteiger partial charge on any atom is -0.354 e. The number of aromatic amines is 1. The molecule has 0 aliphatic heterocycles. The molecule has 0 saturated heterocycles. The van der Waals surface area contributed by atoms with Crippen LogP contribution in [0.3, 0.4) is 0 Å². The lowest BCUT2D eigenvalue weighted by molar-refractivity contribution is 0.591. The van der Waals surface area contributed by atoms with Crippen molar-refractivity contribution in [3.63, 3.8) is 0 Å². The van der Waals surface area contributed by atoms with Gasteiger partial charge in [0.25, 0.3) is 0 Å². The van der Waals surface area contributed by atoms with Gasteiger partial charge >= 0.3 is 0 Å². The predicted octanol–water partition coefficient (Wildman–Crippen LogP) is 8.48. The van der Waals surface area contributed by atoms with Crippen LogP contribution in [0.25, 0.3) is 49.3 Å². The van der Waals surface area contributed by atoms with Gasteiger partial charge in [0.15, 0.2) is 0 Å². The fourth-order valence-electron chi connectivity index (χ4n) is 4.79. The zero-order valence-corrected chi connectivity index (χ0v) is 19.4. The molecule has 0 fully saturated rings. The van der Waals surface area contributed by atoms with Crippen molar-refractivity contribution >= 4 is 59.5 Å². The van der Waals surface area contributed by atoms with Crippen LogP contribution in [0, 0.1) is 0 Å². The highest BCUT2D eigenvalue weighted by molar-refractivity contribution is 9.10. The van der Waals surface area contributed by atoms with Crippen LogP contribution in [0.2, 0.25) is 0 Å². The summed E-state index contributed by atoms with van der Waals surface area (Å²) in [6.07, 6.45) is 0. The number of nitrogens with one attached hydrogen (secondary N) is 1. The van der Waals surface area contributed by atoms with Gasteiger partial charge in [-0.2, -0.15) is 0 Å². The van der Waals surface area contributed by atoms with E-state index in [9.17, 15) is 0 Å². The maximum atomic E-state index is 3.86. The van der Waals surface area contributed by atoms with Gasteiger partial charge in [-0.3, -0.25) is 0 Å². The van der Waals surface area contributed by atoms with Crippen molar-refractivity contribution in [1.29, 1.82) is 0 Å². The Morgan fingerprint density at radius 2 is 1.52 bits per heavy atom. The molecule has 31 heavy (non-hydrogen) atoms. The molecule has 0 atom stereocenters. The Labute approximate surface area is 189 Å². The van der Waals surface area contributed by atoms with E-state index in [1.54, 1.807) is 0 Å². The van der Waals surface area contributed by atoms with E-state index in [2.05, 4.69) is 125 Å². The summed E-state index contributed by atoms with van der Waals surface area (Å²) in [4.78, 5) is 3.68. The number of hydrogen-bond donors (Lipinski definition) is 1. The van der Waals surface area contributed by atoms with Gasteiger partial charge in [-0.05, 0) is 63.3 Å². The van der Waals surface area contributed by atoms with E-state index in [0.717, 1.165) is 9.99 Å². The van der Waals surface area contributed by atoms with Crippen LogP contribution in [0.15, 0.2) is 83.3 Å². The van der Waals surface area contributed by atoms with Gasteiger partial charge in [0.2, 0.25) is 0 Å². The van der Waals surface area contributed by atoms with E-state index in [1.807, 2.05) is 0 Å². The summed E-state index contributed by atoms with van der Waals surface area (Å²) in [6, 6.07) is 28.5. The lowest BCUT2D eigenvalue weighted by Gasteiger charge is -2.19. The average Bonchev–Trinajstić information content (AvgIpc) is 3.30. The molecule has 0 unspecified atom stereocenters. The normalized spacial score (nSPS) is 12.5. The highest BCUT2D eigenvalue weighted by atomic mass is 79.9. The highest BCUT2D eigenvalue weighted by Crippen LogP contribution is 2.43. The van der Waals surface area contributed by atoms with Gasteiger partial charge in [0.05, 0.1) is 16.6 Å². The maximum Gasteiger partial charge on any atom is 0.0642 e. The summed E-state index contributed by atoms with van der Waals surface area (Å²) in [6.45, 7) is 6.82. The number of rotatable bonds is 1. The Balaban J connectivity index is 1.90. The summed E-state index contributed by atoms with van der Waals surface area (Å²) >= 11 is 3.86. The summed E-state index contributed by atoms with van der Waals surface area (Å²) in [5.41, 5.74) is 7.41. The summed E-state index contributed by atoms with van der Waals surface area (Å²) in [7, 11) is 0. The average molecular weight is 467 g/mol. The largest absolute Gasteiger partial charge is 0.354 e. The molecule has 2 aromatic heterocycles. The first-order chi connectivity index (χ1) is 14.9. The molecule has 152 valence electrons. The van der Waals surface area contributed by atoms with Crippen LogP contribution in [-0.2, 0) is 5.41 Å². The molecule has 0 amide bonds. The van der Waals surface area contributed by atoms with Gasteiger partial charge in [0, 0.05) is 37.2 Å². The van der Waals surface area contributed by atoms with E-state index in [0.29, 0.717) is 0 Å². The number of nitrogens with zero attached hydrogens (tertiary/aromatic N) is 1. The van der Waals surface area contributed by atoms with E-state index in [4.69, 9.17) is 0 Å². The van der Waals surface area contributed by atoms with Crippen molar-refractivity contribution in [2.24, 2.45) is 0 Å². The Hall–Kier alpha value is -3.04. The predicted molar refractivity (Wildman–Crippen MR) is 137 cm³/mol. The van der Waals surface area contributed by atoms with Crippen molar-refractivity contribution in [1.82, 2.24) is 9.55 Å². The van der Waals surface area contributed by atoms with Crippen molar-refractivity contribution < 1.29 is 0 Å². The van der Waals surface area contributed by atoms with Crippen LogP contribution in [-0.4, -0.2) is 9.55 Å². The summed E-state index contributed by atoms with van der Waals surface area (Å²) in [5.74, 6) is 0. The minimum atomic E-state index is 0.0923. The van der Waals surface area contributed by atoms with E-state index in [1.165, 1.54) is 49.3 Å². The summed E-state index contributed by atoms with van der Waals surface area (Å²) in [5, 5.41) is 5.07. The van der Waals surface area contributed by atoms with E-state index >= 15 is 0 Å². The van der Waals surface area contributed by atoms with Gasteiger partial charge in [-0.25, -0.2) is 0 Å². The quantitative estimate of drug-likeness (QED) is 0.250. The third kappa shape index (κ3) is 2.69. The topological polar surface area (TPSA) is 20.7 Å². The number of benzene rings is 4. The fourth-order valence-corrected chi connectivity index (χ4v) is 5.31. The number of hydrogen-bond acceptors (Lipinski definition) is 0. The number of para-hydroxylation sites is 2. The zero-order valence-electron chi connectivity index (χ0n) is 17.8. The molecule has 0 aliphatic rings. The van der Waals surface area contributed by atoms with E-state index < -0.39 is 0 Å². The van der Waals surface area contributed by atoms with Crippen LogP contribution in [0.4, 0.5) is 0 Å². The summed E-state index contributed by atoms with van der Waals surface area (Å²) < 4.78 is 3.51. The highest BCUT2D eigenvalue weighted by Gasteiger charge is 2.21. The second kappa shape index (κ2) is 6.48. The smallest absolute Gasteiger partial charge is 0.0642 e. The molecule has 6 aromatic rings. The van der Waals surface area contributed by atoms with Gasteiger partial charge in [-0.15, -0.1) is 0 Å². The third-order valence-corrected chi connectivity index (χ3v) is 6.96. The molecule has 1 N–H and O–H groups in total. The first-order valence-electron chi connectivity index (χ1n) is 10.7. The molecular formula is C28H23BrN2. The van der Waals surface area contributed by atoms with Crippen molar-refractivity contribution in [2.45, 2.75) is 26.2 Å². The molecule has 6 rings (SSSR count). The molecule has 0 saturated carbocycles. The molecule has 3 heteroatoms. The molecule has 0 aliphatic carbocycles.